The Morgan fingerprint density at radius 1 is 1.29 bits per heavy atom. The van der Waals surface area contributed by atoms with E-state index in [1.165, 1.54) is 6.20 Å². The number of hydrogen-bond donors (Lipinski definition) is 2. The van der Waals surface area contributed by atoms with Gasteiger partial charge in [-0.3, -0.25) is 4.79 Å². The number of hydrogen-bond acceptors (Lipinski definition) is 7. The molecule has 0 radical (unpaired) electrons. The van der Waals surface area contributed by atoms with Gasteiger partial charge in [0.05, 0.1) is 12.4 Å². The third kappa shape index (κ3) is 4.51. The summed E-state index contributed by atoms with van der Waals surface area (Å²) in [6.07, 6.45) is 4.48. The van der Waals surface area contributed by atoms with Crippen molar-refractivity contribution >= 4 is 11.7 Å². The molecule has 2 heterocycles. The van der Waals surface area contributed by atoms with Crippen LogP contribution in [0.4, 0.5) is 5.82 Å². The van der Waals surface area contributed by atoms with E-state index in [0.717, 1.165) is 13.0 Å². The van der Waals surface area contributed by atoms with E-state index >= 15 is 0 Å². The molecule has 0 spiro atoms. The van der Waals surface area contributed by atoms with E-state index in [0.29, 0.717) is 30.5 Å². The largest absolute Gasteiger partial charge is 0.369 e. The molecule has 0 aliphatic carbocycles. The molecule has 2 rings (SSSR count). The van der Waals surface area contributed by atoms with Crippen LogP contribution in [0.25, 0.3) is 0 Å². The van der Waals surface area contributed by atoms with E-state index < -0.39 is 0 Å². The minimum Gasteiger partial charge on any atom is -0.369 e. The number of nitrogens with one attached hydrogen (secondary N) is 2. The predicted molar refractivity (Wildman–Crippen MR) is 75.9 cm³/mol. The number of aryl methyl sites for hydroxylation is 1. The molecule has 0 aliphatic heterocycles. The zero-order valence-corrected chi connectivity index (χ0v) is 12.1. The van der Waals surface area contributed by atoms with Gasteiger partial charge in [-0.15, -0.1) is 0 Å². The second-order valence-electron chi connectivity index (χ2n) is 4.45. The molecule has 2 aromatic rings. The lowest BCUT2D eigenvalue weighted by atomic mass is 10.3. The zero-order chi connectivity index (χ0) is 15.1. The van der Waals surface area contributed by atoms with Gasteiger partial charge in [-0.05, 0) is 13.3 Å². The van der Waals surface area contributed by atoms with Crippen LogP contribution in [0.3, 0.4) is 0 Å². The van der Waals surface area contributed by atoms with Crippen molar-refractivity contribution < 1.29 is 9.32 Å². The third-order valence-corrected chi connectivity index (χ3v) is 2.63. The van der Waals surface area contributed by atoms with E-state index in [1.54, 1.807) is 13.1 Å². The molecule has 0 saturated carbocycles. The lowest BCUT2D eigenvalue weighted by molar-refractivity contribution is 0.0948. The summed E-state index contributed by atoms with van der Waals surface area (Å²) in [5.74, 6) is 1.46. The fourth-order valence-corrected chi connectivity index (χ4v) is 1.60. The molecule has 8 heteroatoms. The monoisotopic (exact) mass is 290 g/mol. The first kappa shape index (κ1) is 14.9. The Bertz CT molecular complexity index is 581. The van der Waals surface area contributed by atoms with Gasteiger partial charge in [0.2, 0.25) is 5.89 Å². The number of carbonyl (C=O) groups is 1. The van der Waals surface area contributed by atoms with E-state index in [1.807, 2.05) is 0 Å². The van der Waals surface area contributed by atoms with E-state index in [-0.39, 0.29) is 11.6 Å². The van der Waals surface area contributed by atoms with Gasteiger partial charge in [-0.25, -0.2) is 9.97 Å². The standard InChI is InChI=1S/C13H18N6O2/c1-3-5-14-11-8-16-10(7-17-11)13(20)15-6-4-12-18-9(2)19-21-12/h7-8H,3-6H2,1-2H3,(H,14,17)(H,15,20). The van der Waals surface area contributed by atoms with Crippen molar-refractivity contribution in [3.8, 4) is 0 Å². The van der Waals surface area contributed by atoms with Crippen molar-refractivity contribution in [3.63, 3.8) is 0 Å². The number of anilines is 1. The van der Waals surface area contributed by atoms with E-state index in [2.05, 4.69) is 37.7 Å². The molecule has 0 unspecified atom stereocenters. The summed E-state index contributed by atoms with van der Waals surface area (Å²) in [5, 5.41) is 9.50. The normalized spacial score (nSPS) is 10.4. The number of amides is 1. The first-order chi connectivity index (χ1) is 10.2. The predicted octanol–water partition coefficient (Wildman–Crippen LogP) is 0.962. The Kier molecular flexibility index (Phi) is 5.19. The van der Waals surface area contributed by atoms with Crippen LogP contribution in [-0.4, -0.2) is 39.1 Å². The number of aromatic nitrogens is 4. The maximum Gasteiger partial charge on any atom is 0.271 e. The van der Waals surface area contributed by atoms with Gasteiger partial charge < -0.3 is 15.2 Å². The molecule has 2 N–H and O–H groups in total. The first-order valence-electron chi connectivity index (χ1n) is 6.82. The highest BCUT2D eigenvalue weighted by molar-refractivity contribution is 5.91. The van der Waals surface area contributed by atoms with Crippen molar-refractivity contribution in [2.75, 3.05) is 18.4 Å². The fourth-order valence-electron chi connectivity index (χ4n) is 1.60. The van der Waals surface area contributed by atoms with Crippen LogP contribution in [-0.2, 0) is 6.42 Å². The minimum absolute atomic E-state index is 0.277. The molecule has 0 atom stereocenters. The Morgan fingerprint density at radius 2 is 2.14 bits per heavy atom. The first-order valence-corrected chi connectivity index (χ1v) is 6.82. The molecule has 0 aromatic carbocycles. The summed E-state index contributed by atoms with van der Waals surface area (Å²) in [6, 6.07) is 0. The highest BCUT2D eigenvalue weighted by atomic mass is 16.5. The topological polar surface area (TPSA) is 106 Å². The van der Waals surface area contributed by atoms with Gasteiger partial charge in [0.1, 0.15) is 11.5 Å². The molecule has 0 aliphatic rings. The molecule has 21 heavy (non-hydrogen) atoms. The summed E-state index contributed by atoms with van der Waals surface area (Å²) in [7, 11) is 0. The van der Waals surface area contributed by atoms with Gasteiger partial charge in [-0.1, -0.05) is 12.1 Å². The zero-order valence-electron chi connectivity index (χ0n) is 12.1. The van der Waals surface area contributed by atoms with E-state index in [4.69, 9.17) is 4.52 Å². The van der Waals surface area contributed by atoms with Crippen molar-refractivity contribution in [1.82, 2.24) is 25.4 Å². The quantitative estimate of drug-likeness (QED) is 0.782. The van der Waals surface area contributed by atoms with Crippen LogP contribution in [0.5, 0.6) is 0 Å². The Labute approximate surface area is 122 Å². The number of nitrogens with zero attached hydrogens (tertiary/aromatic N) is 4. The van der Waals surface area contributed by atoms with Crippen molar-refractivity contribution in [3.05, 3.63) is 29.8 Å². The van der Waals surface area contributed by atoms with Crippen LogP contribution in [0.15, 0.2) is 16.9 Å². The van der Waals surface area contributed by atoms with Crippen molar-refractivity contribution in [2.45, 2.75) is 26.7 Å². The van der Waals surface area contributed by atoms with Gasteiger partial charge in [0, 0.05) is 19.5 Å². The van der Waals surface area contributed by atoms with Gasteiger partial charge in [0.15, 0.2) is 5.82 Å². The van der Waals surface area contributed by atoms with Crippen molar-refractivity contribution in [2.24, 2.45) is 0 Å². The molecule has 0 saturated heterocycles. The average Bonchev–Trinajstić information content (AvgIpc) is 2.91. The Hall–Kier alpha value is -2.51. The van der Waals surface area contributed by atoms with Crippen molar-refractivity contribution in [1.29, 1.82) is 0 Å². The van der Waals surface area contributed by atoms with Crippen LogP contribution in [0, 0.1) is 6.92 Å². The van der Waals surface area contributed by atoms with Crippen LogP contribution >= 0.6 is 0 Å². The maximum absolute atomic E-state index is 11.9. The minimum atomic E-state index is -0.277. The lowest BCUT2D eigenvalue weighted by Crippen LogP contribution is -2.26. The summed E-state index contributed by atoms with van der Waals surface area (Å²) in [5.41, 5.74) is 0.277. The molecule has 0 bridgehead atoms. The SMILES string of the molecule is CCCNc1cnc(C(=O)NCCc2nc(C)no2)cn1. The molecule has 1 amide bonds. The van der Waals surface area contributed by atoms with Crippen LogP contribution in [0.1, 0.15) is 35.5 Å². The average molecular weight is 290 g/mol. The molecular weight excluding hydrogens is 272 g/mol. The highest BCUT2D eigenvalue weighted by Crippen LogP contribution is 2.01. The summed E-state index contributed by atoms with van der Waals surface area (Å²) in [6.45, 7) is 5.03. The smallest absolute Gasteiger partial charge is 0.271 e. The molecule has 112 valence electrons. The summed E-state index contributed by atoms with van der Waals surface area (Å²) >= 11 is 0. The van der Waals surface area contributed by atoms with Gasteiger partial charge in [0.25, 0.3) is 5.91 Å². The highest BCUT2D eigenvalue weighted by Gasteiger charge is 2.09. The van der Waals surface area contributed by atoms with Crippen LogP contribution in [0.2, 0.25) is 0 Å². The fraction of sp³-hybridized carbons (Fsp3) is 0.462. The summed E-state index contributed by atoms with van der Waals surface area (Å²) < 4.78 is 4.96. The second kappa shape index (κ2) is 7.32. The lowest BCUT2D eigenvalue weighted by Gasteiger charge is -2.05. The van der Waals surface area contributed by atoms with Crippen LogP contribution < -0.4 is 10.6 Å². The number of carbonyl (C=O) groups excluding carboxylic acids is 1. The Morgan fingerprint density at radius 3 is 2.76 bits per heavy atom. The number of rotatable bonds is 7. The molecule has 8 nitrogen and oxygen atoms in total. The molecule has 2 aromatic heterocycles. The van der Waals surface area contributed by atoms with Gasteiger partial charge >= 0.3 is 0 Å². The summed E-state index contributed by atoms with van der Waals surface area (Å²) in [4.78, 5) is 24.1. The second-order valence-corrected chi connectivity index (χ2v) is 4.45. The van der Waals surface area contributed by atoms with Gasteiger partial charge in [-0.2, -0.15) is 4.98 Å². The van der Waals surface area contributed by atoms with E-state index in [9.17, 15) is 4.79 Å². The molecular formula is C13H18N6O2. The maximum atomic E-state index is 11.9. The molecule has 0 fully saturated rings. The Balaban J connectivity index is 1.79. The third-order valence-electron chi connectivity index (χ3n) is 2.63.